The number of rotatable bonds is 13. The topological polar surface area (TPSA) is 40.6 Å². The molecule has 4 aromatic heterocycles. The summed E-state index contributed by atoms with van der Waals surface area (Å²) < 4.78 is 7.19. The van der Waals surface area contributed by atoms with E-state index in [2.05, 4.69) is 384 Å². The largest absolute Gasteiger partial charge is 0.309 e. The number of nitrogens with zero attached hydrogens (tertiary/aromatic N) is 5. The molecule has 0 saturated heterocycles. The zero-order valence-electron chi connectivity index (χ0n) is 51.8. The molecule has 0 saturated carbocycles. The molecule has 0 aliphatic rings. The van der Waals surface area contributed by atoms with Gasteiger partial charge in [-0.2, -0.15) is 4.98 Å². The Morgan fingerprint density at radius 1 is 0.221 bits per heavy atom. The molecular formula is C88H61N5S2. The number of aromatic nitrogens is 5. The van der Waals surface area contributed by atoms with Crippen molar-refractivity contribution < 1.29 is 0 Å². The Kier molecular flexibility index (Phi) is 13.6. The summed E-state index contributed by atoms with van der Waals surface area (Å²) in [6.45, 7) is 0. The second kappa shape index (κ2) is 23.1. The highest BCUT2D eigenvalue weighted by Gasteiger charge is 2.36. The Bertz CT molecular complexity index is 5720. The summed E-state index contributed by atoms with van der Waals surface area (Å²) in [5, 5.41) is 6.86. The number of benzene rings is 14. The standard InChI is InChI=1S/C88H61N5S2/c1-7-30-62(31-8-1)63-32-27-45-71(58-63)95(69-41-15-5-16-42-69,70-43-17-6-18-44-70)72-46-28-33-64(59-72)79-61-85(90-88(89-79)92-80-52-23-19-48-74(80)75-49-20-24-53-81(75)92)93-82-54-25-21-50-76(82)77-56-57-84-86(87(77)93)78-51-22-26-55-83(78)91(84)65-34-29-47-73(60-65)94(66-35-9-2-10-36-66,67-37-11-3-12-38-67)68-39-13-4-14-40-68/h1-61H. The molecule has 0 fully saturated rings. The monoisotopic (exact) mass is 1250 g/mol. The molecule has 0 N–H and O–H groups in total. The highest BCUT2D eigenvalue weighted by Crippen LogP contribution is 2.75. The van der Waals surface area contributed by atoms with Crippen molar-refractivity contribution in [2.45, 2.75) is 39.2 Å². The van der Waals surface area contributed by atoms with E-state index in [9.17, 15) is 0 Å². The highest BCUT2D eigenvalue weighted by atomic mass is 32.3. The van der Waals surface area contributed by atoms with Crippen LogP contribution in [0.25, 0.3) is 105 Å². The van der Waals surface area contributed by atoms with E-state index < -0.39 is 20.1 Å². The zero-order chi connectivity index (χ0) is 62.9. The van der Waals surface area contributed by atoms with Crippen molar-refractivity contribution in [1.82, 2.24) is 23.7 Å². The summed E-state index contributed by atoms with van der Waals surface area (Å²) in [5.74, 6) is 1.34. The number of hydrogen-bond acceptors (Lipinski definition) is 2. The second-order valence-corrected chi connectivity index (χ2v) is 30.3. The van der Waals surface area contributed by atoms with Crippen molar-refractivity contribution in [3.63, 3.8) is 0 Å². The average molecular weight is 1250 g/mol. The van der Waals surface area contributed by atoms with Gasteiger partial charge in [0.1, 0.15) is 5.82 Å². The summed E-state index contributed by atoms with van der Waals surface area (Å²) >= 11 is 0. The van der Waals surface area contributed by atoms with Crippen molar-refractivity contribution in [3.8, 4) is 39.8 Å². The summed E-state index contributed by atoms with van der Waals surface area (Å²) in [4.78, 5) is 21.7. The fourth-order valence-electron chi connectivity index (χ4n) is 14.9. The number of para-hydroxylation sites is 4. The van der Waals surface area contributed by atoms with E-state index in [-0.39, 0.29) is 0 Å². The first-order valence-electron chi connectivity index (χ1n) is 32.3. The van der Waals surface area contributed by atoms with E-state index >= 15 is 0 Å². The van der Waals surface area contributed by atoms with Gasteiger partial charge < -0.3 is 4.57 Å². The van der Waals surface area contributed by atoms with E-state index in [1.165, 1.54) is 50.3 Å². The van der Waals surface area contributed by atoms with Crippen molar-refractivity contribution in [3.05, 3.63) is 370 Å². The van der Waals surface area contributed by atoms with Crippen LogP contribution in [-0.4, -0.2) is 23.7 Å². The third-order valence-electron chi connectivity index (χ3n) is 18.9. The lowest BCUT2D eigenvalue weighted by Gasteiger charge is -2.42. The Morgan fingerprint density at radius 2 is 0.589 bits per heavy atom. The van der Waals surface area contributed by atoms with E-state index in [1.54, 1.807) is 0 Å². The van der Waals surface area contributed by atoms with Crippen LogP contribution in [0, 0.1) is 0 Å². The Hall–Kier alpha value is -11.7. The molecule has 14 aromatic carbocycles. The number of fused-ring (bicyclic) bond motifs is 10. The van der Waals surface area contributed by atoms with Gasteiger partial charge in [0, 0.05) is 88.8 Å². The van der Waals surface area contributed by atoms with Gasteiger partial charge in [-0.3, -0.25) is 9.13 Å². The predicted octanol–water partition coefficient (Wildman–Crippen LogP) is 23.8. The van der Waals surface area contributed by atoms with Crippen molar-refractivity contribution in [2.75, 3.05) is 0 Å². The van der Waals surface area contributed by atoms with E-state index in [1.807, 2.05) is 0 Å². The maximum atomic E-state index is 5.89. The second-order valence-electron chi connectivity index (χ2n) is 24.1. The first-order chi connectivity index (χ1) is 47.1. The lowest BCUT2D eigenvalue weighted by Crippen LogP contribution is -2.08. The highest BCUT2D eigenvalue weighted by molar-refractivity contribution is 8.34. The lowest BCUT2D eigenvalue weighted by atomic mass is 10.1. The van der Waals surface area contributed by atoms with Crippen LogP contribution >= 0.6 is 20.1 Å². The normalized spacial score (nSPS) is 12.3. The van der Waals surface area contributed by atoms with Gasteiger partial charge in [-0.25, -0.2) is 4.98 Å². The lowest BCUT2D eigenvalue weighted by molar-refractivity contribution is 0.952. The molecule has 0 spiro atoms. The first kappa shape index (κ1) is 56.0. The molecule has 0 aliphatic heterocycles. The smallest absolute Gasteiger partial charge is 0.237 e. The van der Waals surface area contributed by atoms with Gasteiger partial charge in [0.2, 0.25) is 5.95 Å². The van der Waals surface area contributed by atoms with E-state index in [0.717, 1.165) is 88.2 Å². The summed E-state index contributed by atoms with van der Waals surface area (Å²) in [6, 6.07) is 136. The molecule has 4 heterocycles. The minimum Gasteiger partial charge on any atom is -0.309 e. The van der Waals surface area contributed by atoms with Crippen LogP contribution in [-0.2, 0) is 0 Å². The van der Waals surface area contributed by atoms with Gasteiger partial charge >= 0.3 is 0 Å². The molecule has 0 aliphatic carbocycles. The Balaban J connectivity index is 0.910. The van der Waals surface area contributed by atoms with Gasteiger partial charge in [0.15, 0.2) is 0 Å². The fraction of sp³-hybridized carbons (Fsp3) is 0. The molecule has 0 bridgehead atoms. The van der Waals surface area contributed by atoms with E-state index in [4.69, 9.17) is 9.97 Å². The molecule has 450 valence electrons. The average Bonchev–Trinajstić information content (AvgIpc) is 1.59. The third-order valence-corrected chi connectivity index (χ3v) is 26.7. The molecule has 0 unspecified atom stereocenters. The first-order valence-corrected chi connectivity index (χ1v) is 35.5. The number of hydrogen-bond donors (Lipinski definition) is 0. The molecule has 5 nitrogen and oxygen atoms in total. The molecule has 18 aromatic rings. The summed E-state index contributed by atoms with van der Waals surface area (Å²) in [7, 11) is -4.17. The van der Waals surface area contributed by atoms with Crippen LogP contribution in [0.3, 0.4) is 0 Å². The quantitative estimate of drug-likeness (QED) is 0.115. The summed E-state index contributed by atoms with van der Waals surface area (Å²) in [5.41, 5.74) is 11.6. The zero-order valence-corrected chi connectivity index (χ0v) is 53.4. The minimum absolute atomic E-state index is 0.583. The van der Waals surface area contributed by atoms with E-state index in [0.29, 0.717) is 5.95 Å². The summed E-state index contributed by atoms with van der Waals surface area (Å²) in [6.07, 6.45) is 0. The van der Waals surface area contributed by atoms with Gasteiger partial charge in [-0.05, 0) is 145 Å². The van der Waals surface area contributed by atoms with Gasteiger partial charge in [0.05, 0.1) is 38.8 Å². The van der Waals surface area contributed by atoms with Crippen molar-refractivity contribution in [1.29, 1.82) is 0 Å². The maximum Gasteiger partial charge on any atom is 0.237 e. The van der Waals surface area contributed by atoms with Crippen molar-refractivity contribution in [2.24, 2.45) is 0 Å². The van der Waals surface area contributed by atoms with Crippen LogP contribution < -0.4 is 0 Å². The van der Waals surface area contributed by atoms with Gasteiger partial charge in [-0.15, -0.1) is 20.1 Å². The SMILES string of the molecule is c1ccc(-c2cccc(S(c3ccccc3)(c3ccccc3)c3cccc(-c4cc(-n5c6ccccc6c6ccc7c(c8ccccc8n7-c7cccc(S(c8ccccc8)(c8ccccc8)c8ccccc8)c7)c65)nc(-n5c6ccccc6c6ccccc65)n4)c3)c2)cc1. The van der Waals surface area contributed by atoms with Crippen LogP contribution in [0.5, 0.6) is 0 Å². The predicted molar refractivity (Wildman–Crippen MR) is 396 cm³/mol. The van der Waals surface area contributed by atoms with Crippen LogP contribution in [0.2, 0.25) is 0 Å². The Morgan fingerprint density at radius 3 is 1.11 bits per heavy atom. The third kappa shape index (κ3) is 8.95. The van der Waals surface area contributed by atoms with Gasteiger partial charge in [0.25, 0.3) is 0 Å². The Labute approximate surface area is 554 Å². The van der Waals surface area contributed by atoms with Crippen molar-refractivity contribution >= 4 is 85.5 Å². The molecule has 0 atom stereocenters. The molecule has 7 heteroatoms. The minimum atomic E-state index is -2.17. The van der Waals surface area contributed by atoms with Crippen LogP contribution in [0.1, 0.15) is 0 Å². The maximum absolute atomic E-state index is 5.89. The van der Waals surface area contributed by atoms with Crippen LogP contribution in [0.15, 0.2) is 409 Å². The molecule has 18 rings (SSSR count). The molecular weight excluding hydrogens is 1190 g/mol. The molecule has 0 radical (unpaired) electrons. The molecule has 95 heavy (non-hydrogen) atoms. The van der Waals surface area contributed by atoms with Gasteiger partial charge in [-0.1, -0.05) is 231 Å². The van der Waals surface area contributed by atoms with Crippen LogP contribution in [0.4, 0.5) is 0 Å². The molecule has 0 amide bonds. The fourth-order valence-corrected chi connectivity index (χ4v) is 22.7.